The third kappa shape index (κ3) is 9.25. The first-order valence-corrected chi connectivity index (χ1v) is 6.93. The maximum absolute atomic E-state index is 13.0. The highest BCUT2D eigenvalue weighted by Crippen LogP contribution is 2.12. The number of hydrogen-bond acceptors (Lipinski definition) is 4. The van der Waals surface area contributed by atoms with E-state index < -0.39 is 42.9 Å². The fraction of sp³-hybridized carbons (Fsp3) is 0.357. The Bertz CT molecular complexity index is 637. The van der Waals surface area contributed by atoms with Crippen molar-refractivity contribution >= 4 is 23.5 Å². The fourth-order valence-corrected chi connectivity index (χ4v) is 1.70. The van der Waals surface area contributed by atoms with E-state index in [0.717, 1.165) is 6.07 Å². The zero-order valence-electron chi connectivity index (χ0n) is 13.1. The van der Waals surface area contributed by atoms with Crippen LogP contribution in [0, 0.1) is 5.82 Å². The van der Waals surface area contributed by atoms with E-state index in [0.29, 0.717) is 0 Å². The minimum Gasteiger partial charge on any atom is -0.329 e. The lowest BCUT2D eigenvalue weighted by Gasteiger charge is -2.16. The number of rotatable bonds is 6. The van der Waals surface area contributed by atoms with Crippen LogP contribution < -0.4 is 16.0 Å². The molecule has 0 aliphatic rings. The second-order valence-electron chi connectivity index (χ2n) is 5.08. The number of imide groups is 1. The number of urea groups is 1. The minimum absolute atomic E-state index is 0.231. The van der Waals surface area contributed by atoms with E-state index in [4.69, 9.17) is 0 Å². The highest BCUT2D eigenvalue weighted by molar-refractivity contribution is 5.96. The molecule has 7 nitrogen and oxygen atoms in total. The van der Waals surface area contributed by atoms with Crippen molar-refractivity contribution in [2.24, 2.45) is 0 Å². The van der Waals surface area contributed by atoms with Crippen LogP contribution in [-0.4, -0.2) is 55.6 Å². The van der Waals surface area contributed by atoms with Crippen LogP contribution in [-0.2, 0) is 9.59 Å². The third-order valence-electron chi connectivity index (χ3n) is 2.64. The number of nitrogens with zero attached hydrogens (tertiary/aromatic N) is 1. The Morgan fingerprint density at radius 1 is 1.12 bits per heavy atom. The molecule has 0 heterocycles. The number of carbonyl (C=O) groups is 3. The van der Waals surface area contributed by atoms with E-state index in [1.165, 1.54) is 35.5 Å². The van der Waals surface area contributed by atoms with E-state index in [1.807, 2.05) is 0 Å². The molecule has 1 aromatic carbocycles. The molecule has 0 aromatic heterocycles. The average Bonchev–Trinajstić information content (AvgIpc) is 2.43. The smallest absolute Gasteiger partial charge is 0.329 e. The van der Waals surface area contributed by atoms with Crippen LogP contribution in [0.4, 0.5) is 28.0 Å². The highest BCUT2D eigenvalue weighted by Gasteiger charge is 2.28. The molecule has 0 atom stereocenters. The molecule has 4 amide bonds. The molecule has 138 valence electrons. The molecular formula is C14H16F4N4O3. The molecule has 0 unspecified atom stereocenters. The summed E-state index contributed by atoms with van der Waals surface area (Å²) in [5.41, 5.74) is 0.231. The maximum Gasteiger partial charge on any atom is 0.405 e. The molecular weight excluding hydrogens is 348 g/mol. The molecule has 1 rings (SSSR count). The standard InChI is InChI=1S/C14H16F4N4O3/c1-22(6-11(23)20-10-4-2-3-9(15)5-10)7-12(24)21-13(25)19-8-14(16,17)18/h2-5H,6-8H2,1H3,(H,20,23)(H2,19,21,24,25). The van der Waals surface area contributed by atoms with Crippen LogP contribution >= 0.6 is 0 Å². The van der Waals surface area contributed by atoms with Gasteiger partial charge in [-0.15, -0.1) is 0 Å². The molecule has 0 saturated heterocycles. The van der Waals surface area contributed by atoms with Crippen LogP contribution in [0.3, 0.4) is 0 Å². The summed E-state index contributed by atoms with van der Waals surface area (Å²) in [6.07, 6.45) is -4.59. The summed E-state index contributed by atoms with van der Waals surface area (Å²) in [7, 11) is 1.39. The normalized spacial score (nSPS) is 11.1. The number of likely N-dealkylation sites (N-methyl/N-ethyl adjacent to an activating group) is 1. The van der Waals surface area contributed by atoms with Gasteiger partial charge < -0.3 is 10.6 Å². The molecule has 0 fully saturated rings. The molecule has 3 N–H and O–H groups in total. The lowest BCUT2D eigenvalue weighted by molar-refractivity contribution is -0.125. The number of hydrogen-bond donors (Lipinski definition) is 3. The van der Waals surface area contributed by atoms with Crippen molar-refractivity contribution in [1.82, 2.24) is 15.5 Å². The van der Waals surface area contributed by atoms with Gasteiger partial charge in [-0.1, -0.05) is 6.07 Å². The Kier molecular flexibility index (Phi) is 7.30. The monoisotopic (exact) mass is 364 g/mol. The van der Waals surface area contributed by atoms with Gasteiger partial charge in [0.05, 0.1) is 13.1 Å². The molecule has 25 heavy (non-hydrogen) atoms. The van der Waals surface area contributed by atoms with E-state index in [9.17, 15) is 31.9 Å². The molecule has 0 aliphatic carbocycles. The minimum atomic E-state index is -4.59. The first kappa shape index (κ1) is 20.4. The van der Waals surface area contributed by atoms with Gasteiger partial charge in [0, 0.05) is 5.69 Å². The Morgan fingerprint density at radius 2 is 1.76 bits per heavy atom. The van der Waals surface area contributed by atoms with Crippen molar-refractivity contribution in [3.63, 3.8) is 0 Å². The van der Waals surface area contributed by atoms with Crippen LogP contribution in [0.25, 0.3) is 0 Å². The van der Waals surface area contributed by atoms with Gasteiger partial charge in [-0.3, -0.25) is 19.8 Å². The van der Waals surface area contributed by atoms with Gasteiger partial charge in [-0.05, 0) is 25.2 Å². The lowest BCUT2D eigenvalue weighted by atomic mass is 10.3. The van der Waals surface area contributed by atoms with Gasteiger partial charge in [0.2, 0.25) is 11.8 Å². The summed E-state index contributed by atoms with van der Waals surface area (Å²) in [4.78, 5) is 35.6. The van der Waals surface area contributed by atoms with Gasteiger partial charge in [0.25, 0.3) is 0 Å². The van der Waals surface area contributed by atoms with Crippen LogP contribution in [0.2, 0.25) is 0 Å². The molecule has 11 heteroatoms. The van der Waals surface area contributed by atoms with Gasteiger partial charge in [0.15, 0.2) is 0 Å². The fourth-order valence-electron chi connectivity index (χ4n) is 1.70. The van der Waals surface area contributed by atoms with E-state index >= 15 is 0 Å². The predicted molar refractivity (Wildman–Crippen MR) is 80.1 cm³/mol. The van der Waals surface area contributed by atoms with E-state index in [2.05, 4.69) is 5.32 Å². The molecule has 0 spiro atoms. The summed E-state index contributed by atoms with van der Waals surface area (Å²) >= 11 is 0. The van der Waals surface area contributed by atoms with E-state index in [1.54, 1.807) is 5.32 Å². The molecule has 0 saturated carbocycles. The largest absolute Gasteiger partial charge is 0.405 e. The van der Waals surface area contributed by atoms with Crippen molar-refractivity contribution in [2.45, 2.75) is 6.18 Å². The van der Waals surface area contributed by atoms with Crippen molar-refractivity contribution in [1.29, 1.82) is 0 Å². The second kappa shape index (κ2) is 8.97. The number of benzene rings is 1. The SMILES string of the molecule is CN(CC(=O)NC(=O)NCC(F)(F)F)CC(=O)Nc1cccc(F)c1. The van der Waals surface area contributed by atoms with Crippen molar-refractivity contribution < 1.29 is 31.9 Å². The quantitative estimate of drug-likeness (QED) is 0.659. The second-order valence-corrected chi connectivity index (χ2v) is 5.08. The van der Waals surface area contributed by atoms with Gasteiger partial charge in [-0.2, -0.15) is 13.2 Å². The first-order valence-electron chi connectivity index (χ1n) is 6.93. The van der Waals surface area contributed by atoms with Gasteiger partial charge >= 0.3 is 12.2 Å². The Labute approximate surface area is 140 Å². The number of carbonyl (C=O) groups excluding carboxylic acids is 3. The van der Waals surface area contributed by atoms with Crippen LogP contribution in [0.5, 0.6) is 0 Å². The number of alkyl halides is 3. The summed E-state index contributed by atoms with van der Waals surface area (Å²) < 4.78 is 48.7. The Hall–Kier alpha value is -2.69. The summed E-state index contributed by atoms with van der Waals surface area (Å²) in [5, 5.41) is 5.59. The number of nitrogens with one attached hydrogen (secondary N) is 3. The Morgan fingerprint density at radius 3 is 2.36 bits per heavy atom. The number of anilines is 1. The Balaban J connectivity index is 2.35. The summed E-state index contributed by atoms with van der Waals surface area (Å²) in [6, 6.07) is 3.89. The topological polar surface area (TPSA) is 90.5 Å². The molecule has 0 bridgehead atoms. The molecule has 1 aromatic rings. The zero-order valence-corrected chi connectivity index (χ0v) is 13.1. The maximum atomic E-state index is 13.0. The molecule has 0 radical (unpaired) electrons. The highest BCUT2D eigenvalue weighted by atomic mass is 19.4. The van der Waals surface area contributed by atoms with Crippen molar-refractivity contribution in [3.05, 3.63) is 30.1 Å². The van der Waals surface area contributed by atoms with Crippen molar-refractivity contribution in [2.75, 3.05) is 32.0 Å². The van der Waals surface area contributed by atoms with Crippen molar-refractivity contribution in [3.8, 4) is 0 Å². The van der Waals surface area contributed by atoms with E-state index in [-0.39, 0.29) is 12.2 Å². The van der Waals surface area contributed by atoms with Crippen LogP contribution in [0.15, 0.2) is 24.3 Å². The summed E-state index contributed by atoms with van der Waals surface area (Å²) in [5.74, 6) is -1.96. The van der Waals surface area contributed by atoms with Crippen LogP contribution in [0.1, 0.15) is 0 Å². The molecule has 0 aliphatic heterocycles. The predicted octanol–water partition coefficient (Wildman–Crippen LogP) is 1.08. The van der Waals surface area contributed by atoms with Gasteiger partial charge in [0.1, 0.15) is 12.4 Å². The third-order valence-corrected chi connectivity index (χ3v) is 2.64. The zero-order chi connectivity index (χ0) is 19.0. The average molecular weight is 364 g/mol. The number of halogens is 4. The lowest BCUT2D eigenvalue weighted by Crippen LogP contribution is -2.47. The van der Waals surface area contributed by atoms with Gasteiger partial charge in [-0.25, -0.2) is 9.18 Å². The first-order chi connectivity index (χ1) is 11.5. The summed E-state index contributed by atoms with van der Waals surface area (Å²) in [6.45, 7) is -2.23. The number of amides is 4.